The quantitative estimate of drug-likeness (QED) is 0.726. The third-order valence-corrected chi connectivity index (χ3v) is 5.09. The summed E-state index contributed by atoms with van der Waals surface area (Å²) < 4.78 is 0. The van der Waals surface area contributed by atoms with Crippen LogP contribution in [0.25, 0.3) is 0 Å². The molecule has 0 spiro atoms. The van der Waals surface area contributed by atoms with Crippen molar-refractivity contribution in [2.75, 3.05) is 19.6 Å². The monoisotopic (exact) mass is 266 g/mol. The predicted molar refractivity (Wildman–Crippen MR) is 83.2 cm³/mol. The van der Waals surface area contributed by atoms with E-state index in [0.717, 1.165) is 17.8 Å². The van der Waals surface area contributed by atoms with Crippen LogP contribution in [0.15, 0.2) is 0 Å². The van der Waals surface area contributed by atoms with Gasteiger partial charge in [-0.05, 0) is 62.8 Å². The number of rotatable bonds is 8. The first-order valence-corrected chi connectivity index (χ1v) is 8.70. The molecule has 0 amide bonds. The van der Waals surface area contributed by atoms with Crippen molar-refractivity contribution in [3.05, 3.63) is 0 Å². The molecule has 19 heavy (non-hydrogen) atoms. The van der Waals surface area contributed by atoms with Crippen molar-refractivity contribution in [1.29, 1.82) is 0 Å². The molecule has 2 fully saturated rings. The van der Waals surface area contributed by atoms with Gasteiger partial charge in [-0.3, -0.25) is 0 Å². The predicted octanol–water partition coefficient (Wildman–Crippen LogP) is 3.65. The summed E-state index contributed by atoms with van der Waals surface area (Å²) in [6.45, 7) is 8.51. The van der Waals surface area contributed by atoms with Crippen molar-refractivity contribution in [2.24, 2.45) is 23.5 Å². The van der Waals surface area contributed by atoms with Crippen molar-refractivity contribution in [2.45, 2.75) is 71.3 Å². The van der Waals surface area contributed by atoms with Crippen LogP contribution < -0.4 is 5.73 Å². The summed E-state index contributed by atoms with van der Waals surface area (Å²) in [5, 5.41) is 0. The number of hydrogen-bond donors (Lipinski definition) is 1. The van der Waals surface area contributed by atoms with E-state index in [2.05, 4.69) is 18.7 Å². The largest absolute Gasteiger partial charge is 0.327 e. The van der Waals surface area contributed by atoms with Crippen LogP contribution in [0.2, 0.25) is 0 Å². The number of nitrogens with zero attached hydrogens (tertiary/aromatic N) is 1. The fourth-order valence-electron chi connectivity index (χ4n) is 3.84. The first kappa shape index (κ1) is 15.3. The summed E-state index contributed by atoms with van der Waals surface area (Å²) >= 11 is 0. The third-order valence-electron chi connectivity index (χ3n) is 5.09. The lowest BCUT2D eigenvalue weighted by Gasteiger charge is -2.37. The van der Waals surface area contributed by atoms with Crippen LogP contribution in [0.4, 0.5) is 0 Å². The SMILES string of the molecule is CCCC1CCC(N)C(CN(CCC)CC2CC2)C1. The molecule has 0 aromatic heterocycles. The topological polar surface area (TPSA) is 29.3 Å². The van der Waals surface area contributed by atoms with Gasteiger partial charge in [0, 0.05) is 19.1 Å². The zero-order chi connectivity index (χ0) is 13.7. The van der Waals surface area contributed by atoms with Crippen molar-refractivity contribution >= 4 is 0 Å². The second kappa shape index (κ2) is 7.64. The first-order valence-electron chi connectivity index (χ1n) is 8.70. The van der Waals surface area contributed by atoms with Gasteiger partial charge in [0.2, 0.25) is 0 Å². The third kappa shape index (κ3) is 5.07. The highest BCUT2D eigenvalue weighted by atomic mass is 15.1. The van der Waals surface area contributed by atoms with Gasteiger partial charge in [0.25, 0.3) is 0 Å². The molecule has 0 aliphatic heterocycles. The lowest BCUT2D eigenvalue weighted by Crippen LogP contribution is -2.44. The van der Waals surface area contributed by atoms with E-state index in [1.807, 2.05) is 0 Å². The normalized spacial score (nSPS) is 31.9. The molecule has 0 bridgehead atoms. The molecule has 2 heteroatoms. The minimum Gasteiger partial charge on any atom is -0.327 e. The zero-order valence-corrected chi connectivity index (χ0v) is 13.1. The first-order chi connectivity index (χ1) is 9.22. The van der Waals surface area contributed by atoms with Crippen LogP contribution >= 0.6 is 0 Å². The molecule has 2 aliphatic rings. The fourth-order valence-corrected chi connectivity index (χ4v) is 3.84. The van der Waals surface area contributed by atoms with Crippen molar-refractivity contribution in [3.63, 3.8) is 0 Å². The van der Waals surface area contributed by atoms with Gasteiger partial charge < -0.3 is 10.6 Å². The molecule has 2 aliphatic carbocycles. The Morgan fingerprint density at radius 3 is 2.32 bits per heavy atom. The van der Waals surface area contributed by atoms with Gasteiger partial charge in [-0.1, -0.05) is 26.7 Å². The molecule has 0 aromatic rings. The molecular weight excluding hydrogens is 232 g/mol. The summed E-state index contributed by atoms with van der Waals surface area (Å²) in [6.07, 6.45) is 11.0. The van der Waals surface area contributed by atoms with Crippen LogP contribution in [0.3, 0.4) is 0 Å². The van der Waals surface area contributed by atoms with Crippen LogP contribution in [0.1, 0.15) is 65.2 Å². The highest BCUT2D eigenvalue weighted by molar-refractivity contribution is 4.86. The highest BCUT2D eigenvalue weighted by Gasteiger charge is 2.31. The van der Waals surface area contributed by atoms with Crippen molar-refractivity contribution < 1.29 is 0 Å². The smallest absolute Gasteiger partial charge is 0.00795 e. The Kier molecular flexibility index (Phi) is 6.15. The van der Waals surface area contributed by atoms with Crippen molar-refractivity contribution in [3.8, 4) is 0 Å². The molecular formula is C17H34N2. The van der Waals surface area contributed by atoms with Gasteiger partial charge in [0.1, 0.15) is 0 Å². The van der Waals surface area contributed by atoms with Crippen LogP contribution in [0, 0.1) is 17.8 Å². The van der Waals surface area contributed by atoms with Gasteiger partial charge in [0.05, 0.1) is 0 Å². The van der Waals surface area contributed by atoms with E-state index < -0.39 is 0 Å². The van der Waals surface area contributed by atoms with Crippen LogP contribution in [-0.2, 0) is 0 Å². The van der Waals surface area contributed by atoms with Crippen LogP contribution in [-0.4, -0.2) is 30.6 Å². The highest BCUT2D eigenvalue weighted by Crippen LogP contribution is 2.34. The second-order valence-corrected chi connectivity index (χ2v) is 7.09. The van der Waals surface area contributed by atoms with Gasteiger partial charge in [-0.25, -0.2) is 0 Å². The maximum absolute atomic E-state index is 6.40. The summed E-state index contributed by atoms with van der Waals surface area (Å²) in [4.78, 5) is 2.72. The molecule has 2 N–H and O–H groups in total. The molecule has 112 valence electrons. The lowest BCUT2D eigenvalue weighted by atomic mass is 9.76. The zero-order valence-electron chi connectivity index (χ0n) is 13.1. The van der Waals surface area contributed by atoms with Crippen LogP contribution in [0.5, 0.6) is 0 Å². The Morgan fingerprint density at radius 2 is 1.68 bits per heavy atom. The van der Waals surface area contributed by atoms with E-state index in [1.165, 1.54) is 71.0 Å². The molecule has 3 unspecified atom stereocenters. The van der Waals surface area contributed by atoms with Gasteiger partial charge in [0.15, 0.2) is 0 Å². The Balaban J connectivity index is 1.81. The Labute approximate surface area is 120 Å². The molecule has 0 aromatic carbocycles. The second-order valence-electron chi connectivity index (χ2n) is 7.09. The van der Waals surface area contributed by atoms with E-state index in [9.17, 15) is 0 Å². The van der Waals surface area contributed by atoms with Gasteiger partial charge in [-0.15, -0.1) is 0 Å². The molecule has 2 rings (SSSR count). The van der Waals surface area contributed by atoms with E-state index in [1.54, 1.807) is 0 Å². The van der Waals surface area contributed by atoms with Gasteiger partial charge >= 0.3 is 0 Å². The van der Waals surface area contributed by atoms with E-state index in [0.29, 0.717) is 6.04 Å². The lowest BCUT2D eigenvalue weighted by molar-refractivity contribution is 0.148. The summed E-state index contributed by atoms with van der Waals surface area (Å²) in [7, 11) is 0. The Morgan fingerprint density at radius 1 is 0.947 bits per heavy atom. The number of nitrogens with two attached hydrogens (primary N) is 1. The Bertz CT molecular complexity index is 250. The minimum atomic E-state index is 0.465. The molecule has 3 atom stereocenters. The van der Waals surface area contributed by atoms with Crippen molar-refractivity contribution in [1.82, 2.24) is 4.90 Å². The maximum Gasteiger partial charge on any atom is 0.00795 e. The van der Waals surface area contributed by atoms with E-state index >= 15 is 0 Å². The molecule has 0 radical (unpaired) electrons. The summed E-state index contributed by atoms with van der Waals surface area (Å²) in [5.74, 6) is 2.73. The Hall–Kier alpha value is -0.0800. The number of hydrogen-bond acceptors (Lipinski definition) is 2. The minimum absolute atomic E-state index is 0.465. The summed E-state index contributed by atoms with van der Waals surface area (Å²) in [5.41, 5.74) is 6.40. The molecule has 0 heterocycles. The molecule has 2 saturated carbocycles. The summed E-state index contributed by atoms with van der Waals surface area (Å²) in [6, 6.07) is 0.465. The fraction of sp³-hybridized carbons (Fsp3) is 1.00. The molecule has 0 saturated heterocycles. The average molecular weight is 266 g/mol. The van der Waals surface area contributed by atoms with E-state index in [4.69, 9.17) is 5.73 Å². The molecule has 2 nitrogen and oxygen atoms in total. The van der Waals surface area contributed by atoms with Gasteiger partial charge in [-0.2, -0.15) is 0 Å². The van der Waals surface area contributed by atoms with E-state index in [-0.39, 0.29) is 0 Å². The standard InChI is InChI=1S/C17H34N2/c1-3-5-14-8-9-17(18)16(11-14)13-19(10-4-2)12-15-6-7-15/h14-17H,3-13,18H2,1-2H3. The average Bonchev–Trinajstić information content (AvgIpc) is 3.18. The maximum atomic E-state index is 6.40.